The molecule has 0 spiro atoms. The van der Waals surface area contributed by atoms with Crippen molar-refractivity contribution >= 4 is 23.1 Å². The fraction of sp³-hybridized carbons (Fsp3) is 0.692. The van der Waals surface area contributed by atoms with E-state index in [4.69, 9.17) is 5.11 Å². The molecule has 0 aliphatic rings. The molecule has 2 nitrogen and oxygen atoms in total. The SMILES string of the molecule is Cc1cc(C(C)NCCSCCCO)c(C)s1. The molecule has 0 aromatic carbocycles. The first kappa shape index (κ1) is 15.0. The second-order valence-corrected chi connectivity index (χ2v) is 6.92. The first-order chi connectivity index (χ1) is 8.15. The third-order valence-electron chi connectivity index (χ3n) is 2.69. The molecule has 0 aliphatic heterocycles. The van der Waals surface area contributed by atoms with Crippen LogP contribution in [0.25, 0.3) is 0 Å². The molecule has 0 aliphatic carbocycles. The molecule has 2 N–H and O–H groups in total. The summed E-state index contributed by atoms with van der Waals surface area (Å²) in [5.74, 6) is 2.18. The number of nitrogens with one attached hydrogen (secondary N) is 1. The summed E-state index contributed by atoms with van der Waals surface area (Å²) in [5.41, 5.74) is 1.44. The number of rotatable bonds is 8. The number of thiophene rings is 1. The first-order valence-electron chi connectivity index (χ1n) is 6.14. The highest BCUT2D eigenvalue weighted by atomic mass is 32.2. The number of aryl methyl sites for hydroxylation is 2. The van der Waals surface area contributed by atoms with Crippen LogP contribution in [0.5, 0.6) is 0 Å². The van der Waals surface area contributed by atoms with E-state index in [0.717, 1.165) is 24.5 Å². The van der Waals surface area contributed by atoms with Crippen LogP contribution in [-0.4, -0.2) is 29.8 Å². The zero-order chi connectivity index (χ0) is 12.7. The van der Waals surface area contributed by atoms with Crippen LogP contribution in [0, 0.1) is 13.8 Å². The minimum Gasteiger partial charge on any atom is -0.396 e. The van der Waals surface area contributed by atoms with Gasteiger partial charge >= 0.3 is 0 Å². The largest absolute Gasteiger partial charge is 0.396 e. The van der Waals surface area contributed by atoms with E-state index >= 15 is 0 Å². The maximum atomic E-state index is 8.66. The van der Waals surface area contributed by atoms with E-state index in [1.807, 2.05) is 23.1 Å². The van der Waals surface area contributed by atoms with Crippen molar-refractivity contribution in [1.82, 2.24) is 5.32 Å². The summed E-state index contributed by atoms with van der Waals surface area (Å²) in [6.07, 6.45) is 0.906. The maximum absolute atomic E-state index is 8.66. The zero-order valence-electron chi connectivity index (χ0n) is 11.0. The number of hydrogen-bond donors (Lipinski definition) is 2. The molecular weight excluding hydrogens is 250 g/mol. The lowest BCUT2D eigenvalue weighted by Gasteiger charge is -2.13. The van der Waals surface area contributed by atoms with Crippen LogP contribution in [0.3, 0.4) is 0 Å². The number of aliphatic hydroxyl groups excluding tert-OH is 1. The lowest BCUT2D eigenvalue weighted by molar-refractivity contribution is 0.296. The van der Waals surface area contributed by atoms with Gasteiger partial charge in [-0.15, -0.1) is 11.3 Å². The predicted octanol–water partition coefficient (Wildman–Crippen LogP) is 3.13. The van der Waals surface area contributed by atoms with Crippen molar-refractivity contribution in [2.24, 2.45) is 0 Å². The van der Waals surface area contributed by atoms with Gasteiger partial charge in [0.2, 0.25) is 0 Å². The van der Waals surface area contributed by atoms with E-state index in [9.17, 15) is 0 Å². The van der Waals surface area contributed by atoms with Gasteiger partial charge in [0.1, 0.15) is 0 Å². The van der Waals surface area contributed by atoms with Crippen molar-refractivity contribution in [3.63, 3.8) is 0 Å². The predicted molar refractivity (Wildman–Crippen MR) is 79.2 cm³/mol. The second-order valence-electron chi connectivity index (χ2n) is 4.23. The zero-order valence-corrected chi connectivity index (χ0v) is 12.6. The van der Waals surface area contributed by atoms with Gasteiger partial charge in [-0.1, -0.05) is 0 Å². The molecule has 1 aromatic rings. The molecule has 1 aromatic heterocycles. The summed E-state index contributed by atoms with van der Waals surface area (Å²) < 4.78 is 0. The van der Waals surface area contributed by atoms with Crippen LogP contribution in [0.1, 0.15) is 34.7 Å². The number of hydrogen-bond acceptors (Lipinski definition) is 4. The molecule has 98 valence electrons. The normalized spacial score (nSPS) is 12.9. The van der Waals surface area contributed by atoms with Crippen molar-refractivity contribution < 1.29 is 5.11 Å². The van der Waals surface area contributed by atoms with E-state index in [2.05, 4.69) is 32.2 Å². The standard InChI is InChI=1S/C13H23NOS2/c1-10-9-13(12(3)17-10)11(2)14-5-8-16-7-4-6-15/h9,11,14-15H,4-8H2,1-3H3. The lowest BCUT2D eigenvalue weighted by atomic mass is 10.1. The van der Waals surface area contributed by atoms with Gasteiger partial charge in [0.15, 0.2) is 0 Å². The van der Waals surface area contributed by atoms with E-state index in [1.54, 1.807) is 0 Å². The molecule has 0 saturated heterocycles. The summed E-state index contributed by atoms with van der Waals surface area (Å²) in [6.45, 7) is 7.93. The topological polar surface area (TPSA) is 32.3 Å². The van der Waals surface area contributed by atoms with Crippen molar-refractivity contribution in [1.29, 1.82) is 0 Å². The van der Waals surface area contributed by atoms with Crippen LogP contribution in [-0.2, 0) is 0 Å². The Morgan fingerprint density at radius 3 is 2.76 bits per heavy atom. The summed E-state index contributed by atoms with van der Waals surface area (Å²) >= 11 is 3.78. The Kier molecular flexibility index (Phi) is 7.19. The maximum Gasteiger partial charge on any atom is 0.0438 e. The van der Waals surface area contributed by atoms with Crippen molar-refractivity contribution in [2.75, 3.05) is 24.7 Å². The van der Waals surface area contributed by atoms with Crippen LogP contribution in [0.15, 0.2) is 6.07 Å². The van der Waals surface area contributed by atoms with Gasteiger partial charge in [0, 0.05) is 34.7 Å². The molecule has 1 rings (SSSR count). The Morgan fingerprint density at radius 1 is 1.41 bits per heavy atom. The van der Waals surface area contributed by atoms with Gasteiger partial charge in [0.05, 0.1) is 0 Å². The van der Waals surface area contributed by atoms with E-state index < -0.39 is 0 Å². The molecule has 17 heavy (non-hydrogen) atoms. The molecular formula is C13H23NOS2. The fourth-order valence-electron chi connectivity index (χ4n) is 1.81. The average molecular weight is 273 g/mol. The summed E-state index contributed by atoms with van der Waals surface area (Å²) in [6, 6.07) is 2.73. The summed E-state index contributed by atoms with van der Waals surface area (Å²) in [5, 5.41) is 12.2. The Balaban J connectivity index is 2.21. The van der Waals surface area contributed by atoms with Gasteiger partial charge in [-0.05, 0) is 44.6 Å². The van der Waals surface area contributed by atoms with Crippen LogP contribution < -0.4 is 5.32 Å². The molecule has 0 bridgehead atoms. The third kappa shape index (κ3) is 5.42. The highest BCUT2D eigenvalue weighted by Crippen LogP contribution is 2.25. The molecule has 1 unspecified atom stereocenters. The lowest BCUT2D eigenvalue weighted by Crippen LogP contribution is -2.21. The van der Waals surface area contributed by atoms with E-state index in [-0.39, 0.29) is 0 Å². The Bertz CT molecular complexity index is 325. The van der Waals surface area contributed by atoms with Crippen LogP contribution >= 0.6 is 23.1 Å². The van der Waals surface area contributed by atoms with Crippen LogP contribution in [0.4, 0.5) is 0 Å². The summed E-state index contributed by atoms with van der Waals surface area (Å²) in [7, 11) is 0. The van der Waals surface area contributed by atoms with E-state index in [1.165, 1.54) is 15.3 Å². The Morgan fingerprint density at radius 2 is 2.18 bits per heavy atom. The fourth-order valence-corrected chi connectivity index (χ4v) is 3.63. The number of thioether (sulfide) groups is 1. The first-order valence-corrected chi connectivity index (χ1v) is 8.11. The molecule has 0 amide bonds. The number of aliphatic hydroxyl groups is 1. The summed E-state index contributed by atoms with van der Waals surface area (Å²) in [4.78, 5) is 2.82. The Labute approximate surface area is 113 Å². The molecule has 1 atom stereocenters. The van der Waals surface area contributed by atoms with Gasteiger partial charge < -0.3 is 10.4 Å². The van der Waals surface area contributed by atoms with E-state index in [0.29, 0.717) is 12.6 Å². The molecule has 4 heteroatoms. The third-order valence-corrected chi connectivity index (χ3v) is 4.74. The minimum atomic E-state index is 0.310. The van der Waals surface area contributed by atoms with Gasteiger partial charge in [-0.25, -0.2) is 0 Å². The van der Waals surface area contributed by atoms with Gasteiger partial charge in [0.25, 0.3) is 0 Å². The molecule has 1 heterocycles. The average Bonchev–Trinajstić information content (AvgIpc) is 2.62. The van der Waals surface area contributed by atoms with Crippen molar-refractivity contribution in [3.05, 3.63) is 21.4 Å². The minimum absolute atomic E-state index is 0.310. The highest BCUT2D eigenvalue weighted by molar-refractivity contribution is 7.99. The van der Waals surface area contributed by atoms with Crippen molar-refractivity contribution in [2.45, 2.75) is 33.2 Å². The highest BCUT2D eigenvalue weighted by Gasteiger charge is 2.09. The quantitative estimate of drug-likeness (QED) is 0.714. The van der Waals surface area contributed by atoms with Gasteiger partial charge in [-0.3, -0.25) is 0 Å². The van der Waals surface area contributed by atoms with Crippen LogP contribution in [0.2, 0.25) is 0 Å². The second kappa shape index (κ2) is 8.14. The molecule has 0 fully saturated rings. The molecule has 0 radical (unpaired) electrons. The molecule has 0 saturated carbocycles. The van der Waals surface area contributed by atoms with Gasteiger partial charge in [-0.2, -0.15) is 11.8 Å². The Hall–Kier alpha value is -0.0300. The smallest absolute Gasteiger partial charge is 0.0438 e. The van der Waals surface area contributed by atoms with Crippen molar-refractivity contribution in [3.8, 4) is 0 Å². The monoisotopic (exact) mass is 273 g/mol.